The van der Waals surface area contributed by atoms with Crippen molar-refractivity contribution in [1.29, 1.82) is 0 Å². The van der Waals surface area contributed by atoms with Crippen molar-refractivity contribution in [3.63, 3.8) is 0 Å². The number of nitrogens with one attached hydrogen (secondary N) is 1. The van der Waals surface area contributed by atoms with Crippen molar-refractivity contribution in [1.82, 2.24) is 14.5 Å². The zero-order valence-electron chi connectivity index (χ0n) is 16.6. The van der Waals surface area contributed by atoms with Crippen molar-refractivity contribution in [3.8, 4) is 11.3 Å². The third kappa shape index (κ3) is 3.08. The molecule has 1 aromatic carbocycles. The predicted octanol–water partition coefficient (Wildman–Crippen LogP) is 2.52. The molecule has 31 heavy (non-hydrogen) atoms. The quantitative estimate of drug-likeness (QED) is 0.689. The molecule has 1 N–H and O–H groups in total. The normalized spacial score (nSPS) is 28.9. The number of aromatic nitrogens is 3. The van der Waals surface area contributed by atoms with Crippen molar-refractivity contribution in [2.75, 3.05) is 0 Å². The van der Waals surface area contributed by atoms with Gasteiger partial charge >= 0.3 is 5.69 Å². The molecule has 3 fully saturated rings. The molecule has 4 heterocycles. The molecule has 2 saturated heterocycles. The molecule has 6 rings (SSSR count). The summed E-state index contributed by atoms with van der Waals surface area (Å²) in [5, 5.41) is 0. The molecule has 2 aromatic heterocycles. The maximum atomic E-state index is 12.5. The molecule has 3 aliphatic rings. The van der Waals surface area contributed by atoms with Crippen molar-refractivity contribution in [3.05, 3.63) is 75.6 Å². The van der Waals surface area contributed by atoms with Gasteiger partial charge in [-0.25, -0.2) is 9.78 Å². The Morgan fingerprint density at radius 2 is 1.81 bits per heavy atom. The highest BCUT2D eigenvalue weighted by Gasteiger charge is 2.61. The van der Waals surface area contributed by atoms with Crippen molar-refractivity contribution in [2.45, 2.75) is 56.0 Å². The molecule has 0 unspecified atom stereocenters. The second-order valence-corrected chi connectivity index (χ2v) is 8.18. The zero-order chi connectivity index (χ0) is 21.0. The van der Waals surface area contributed by atoms with Gasteiger partial charge in [0, 0.05) is 30.7 Å². The lowest BCUT2D eigenvalue weighted by atomic mass is 10.1. The first-order valence-electron chi connectivity index (χ1n) is 10.5. The highest BCUT2D eigenvalue weighted by Crippen LogP contribution is 2.52. The molecule has 0 radical (unpaired) electrons. The van der Waals surface area contributed by atoms with Crippen molar-refractivity contribution < 1.29 is 18.6 Å². The molecule has 4 atom stereocenters. The number of oxazole rings is 1. The van der Waals surface area contributed by atoms with Gasteiger partial charge in [0.15, 0.2) is 18.1 Å². The van der Waals surface area contributed by atoms with Gasteiger partial charge in [-0.15, -0.1) is 0 Å². The van der Waals surface area contributed by atoms with Gasteiger partial charge in [-0.05, 0) is 12.8 Å². The Morgan fingerprint density at radius 1 is 1.03 bits per heavy atom. The zero-order valence-corrected chi connectivity index (χ0v) is 16.6. The Kier molecular flexibility index (Phi) is 4.24. The number of hydrogen-bond donors (Lipinski definition) is 1. The summed E-state index contributed by atoms with van der Waals surface area (Å²) in [6.07, 6.45) is 4.20. The van der Waals surface area contributed by atoms with Crippen LogP contribution in [0.15, 0.2) is 62.9 Å². The molecule has 0 bridgehead atoms. The number of aromatic amines is 1. The summed E-state index contributed by atoms with van der Waals surface area (Å²) in [6.45, 7) is 0. The van der Waals surface area contributed by atoms with Gasteiger partial charge in [0.25, 0.3) is 5.56 Å². The molecular weight excluding hydrogens is 402 g/mol. The molecule has 0 amide bonds. The molecule has 1 aliphatic carbocycles. The number of H-pyrrole nitrogens is 1. The number of hydrogen-bond acceptors (Lipinski definition) is 7. The van der Waals surface area contributed by atoms with Crippen LogP contribution in [0.1, 0.15) is 43.9 Å². The van der Waals surface area contributed by atoms with E-state index in [0.29, 0.717) is 11.6 Å². The van der Waals surface area contributed by atoms with Gasteiger partial charge in [-0.3, -0.25) is 14.3 Å². The van der Waals surface area contributed by atoms with Crippen LogP contribution in [0, 0.1) is 0 Å². The van der Waals surface area contributed by atoms with Crippen LogP contribution in [0.2, 0.25) is 0 Å². The van der Waals surface area contributed by atoms with E-state index in [1.807, 2.05) is 30.3 Å². The smallest absolute Gasteiger partial charge is 0.330 e. The Balaban J connectivity index is 1.38. The summed E-state index contributed by atoms with van der Waals surface area (Å²) < 4.78 is 26.1. The fourth-order valence-corrected chi connectivity index (χ4v) is 4.78. The van der Waals surface area contributed by atoms with Crippen LogP contribution in [-0.2, 0) is 14.2 Å². The summed E-state index contributed by atoms with van der Waals surface area (Å²) in [5.74, 6) is -0.302. The average Bonchev–Trinajstić information content (AvgIpc) is 3.55. The number of rotatable bonds is 3. The molecule has 2 aliphatic heterocycles. The Hall–Kier alpha value is -3.01. The molecular formula is C22H21N3O6. The van der Waals surface area contributed by atoms with E-state index in [0.717, 1.165) is 31.2 Å². The number of ether oxygens (including phenoxy) is 3. The van der Waals surface area contributed by atoms with E-state index < -0.39 is 41.6 Å². The summed E-state index contributed by atoms with van der Waals surface area (Å²) in [6, 6.07) is 11.0. The number of benzene rings is 1. The van der Waals surface area contributed by atoms with Gasteiger partial charge in [-0.1, -0.05) is 30.3 Å². The van der Waals surface area contributed by atoms with Crippen LogP contribution in [0.3, 0.4) is 0 Å². The summed E-state index contributed by atoms with van der Waals surface area (Å²) in [4.78, 5) is 30.9. The first-order chi connectivity index (χ1) is 15.1. The first-order valence-corrected chi connectivity index (χ1v) is 10.5. The van der Waals surface area contributed by atoms with Gasteiger partial charge in [-0.2, -0.15) is 0 Å². The maximum absolute atomic E-state index is 12.5. The van der Waals surface area contributed by atoms with Crippen LogP contribution in [0.5, 0.6) is 0 Å². The molecule has 9 nitrogen and oxygen atoms in total. The number of nitrogens with zero attached hydrogens (tertiary/aromatic N) is 2. The van der Waals surface area contributed by atoms with E-state index in [-0.39, 0.29) is 0 Å². The van der Waals surface area contributed by atoms with E-state index in [2.05, 4.69) is 9.97 Å². The highest BCUT2D eigenvalue weighted by atomic mass is 16.8. The van der Waals surface area contributed by atoms with Crippen LogP contribution in [-0.4, -0.2) is 32.5 Å². The van der Waals surface area contributed by atoms with E-state index in [9.17, 15) is 9.59 Å². The second-order valence-electron chi connectivity index (χ2n) is 8.18. The predicted molar refractivity (Wildman–Crippen MR) is 107 cm³/mol. The number of fused-ring (bicyclic) bond motifs is 1. The Labute approximate surface area is 176 Å². The minimum atomic E-state index is -0.772. The minimum absolute atomic E-state index is 0.368. The highest BCUT2D eigenvalue weighted by molar-refractivity contribution is 5.57. The largest absolute Gasteiger partial charge is 0.445 e. The summed E-state index contributed by atoms with van der Waals surface area (Å²) >= 11 is 0. The van der Waals surface area contributed by atoms with E-state index >= 15 is 0 Å². The lowest BCUT2D eigenvalue weighted by Gasteiger charge is -2.26. The van der Waals surface area contributed by atoms with Crippen molar-refractivity contribution in [2.24, 2.45) is 0 Å². The van der Waals surface area contributed by atoms with Gasteiger partial charge in [0.05, 0.1) is 0 Å². The van der Waals surface area contributed by atoms with Crippen molar-refractivity contribution >= 4 is 0 Å². The van der Waals surface area contributed by atoms with Crippen LogP contribution in [0.4, 0.5) is 0 Å². The average molecular weight is 423 g/mol. The van der Waals surface area contributed by atoms with Gasteiger partial charge in [0.1, 0.15) is 24.2 Å². The molecule has 1 spiro atoms. The molecule has 9 heteroatoms. The molecule has 160 valence electrons. The fraction of sp³-hybridized carbons (Fsp3) is 0.409. The van der Waals surface area contributed by atoms with Crippen LogP contribution >= 0.6 is 0 Å². The van der Waals surface area contributed by atoms with Gasteiger partial charge < -0.3 is 18.6 Å². The topological polar surface area (TPSA) is 109 Å². The Bertz CT molecular complexity index is 1210. The SMILES string of the molecule is O=c1ccn([C@@H]2O[C@H](c3nc(-c4ccccc4)co3)[C@H]3OC4(CCCC4)O[C@H]32)c(=O)[nH]1. The third-order valence-electron chi connectivity index (χ3n) is 6.22. The van der Waals surface area contributed by atoms with E-state index in [4.69, 9.17) is 18.6 Å². The van der Waals surface area contributed by atoms with E-state index in [1.54, 1.807) is 6.26 Å². The van der Waals surface area contributed by atoms with Gasteiger partial charge in [0.2, 0.25) is 5.89 Å². The first kappa shape index (κ1) is 18.7. The fourth-order valence-electron chi connectivity index (χ4n) is 4.78. The second kappa shape index (κ2) is 7.01. The van der Waals surface area contributed by atoms with E-state index in [1.165, 1.54) is 16.8 Å². The van der Waals surface area contributed by atoms with Crippen LogP contribution in [0.25, 0.3) is 11.3 Å². The summed E-state index contributed by atoms with van der Waals surface area (Å²) in [5.41, 5.74) is 0.583. The maximum Gasteiger partial charge on any atom is 0.330 e. The third-order valence-corrected chi connectivity index (χ3v) is 6.22. The monoisotopic (exact) mass is 423 g/mol. The Morgan fingerprint density at radius 3 is 2.58 bits per heavy atom. The molecule has 3 aromatic rings. The lowest BCUT2D eigenvalue weighted by Crippen LogP contribution is -2.37. The minimum Gasteiger partial charge on any atom is -0.445 e. The lowest BCUT2D eigenvalue weighted by molar-refractivity contribution is -0.216. The standard InChI is InChI=1S/C22H21N3O6/c26-15-8-11-25(21(27)24-15)20-18-16(30-22(31-18)9-4-5-10-22)17(29-20)19-23-14(12-28-19)13-6-2-1-3-7-13/h1-3,6-8,11-12,16-18,20H,4-5,9-10H2,(H,24,26,27)/t16-,17+,18-,20-/m1/s1. The van der Waals surface area contributed by atoms with Crippen LogP contribution < -0.4 is 11.2 Å². The molecule has 1 saturated carbocycles. The summed E-state index contributed by atoms with van der Waals surface area (Å²) in [7, 11) is 0.